The Labute approximate surface area is 123 Å². The first-order chi connectivity index (χ1) is 10.3. The predicted octanol–water partition coefficient (Wildman–Crippen LogP) is 2.27. The Bertz CT molecular complexity index is 625. The van der Waals surface area contributed by atoms with Gasteiger partial charge in [0.25, 0.3) is 5.91 Å². The van der Waals surface area contributed by atoms with Crippen molar-refractivity contribution < 1.29 is 9.63 Å². The monoisotopic (exact) mass is 283 g/mol. The van der Waals surface area contributed by atoms with Gasteiger partial charge >= 0.3 is 0 Å². The summed E-state index contributed by atoms with van der Waals surface area (Å²) < 4.78 is 0. The Morgan fingerprint density at radius 2 is 2.05 bits per heavy atom. The Morgan fingerprint density at radius 3 is 2.81 bits per heavy atom. The maximum Gasteiger partial charge on any atom is 0.264 e. The maximum atomic E-state index is 12.4. The van der Waals surface area contributed by atoms with Gasteiger partial charge in [0.05, 0.1) is 0 Å². The molecule has 0 bridgehead atoms. The lowest BCUT2D eigenvalue weighted by atomic mass is 9.95. The fourth-order valence-corrected chi connectivity index (χ4v) is 2.83. The van der Waals surface area contributed by atoms with E-state index < -0.39 is 0 Å². The smallest absolute Gasteiger partial charge is 0.264 e. The van der Waals surface area contributed by atoms with Gasteiger partial charge < -0.3 is 10.2 Å². The summed E-state index contributed by atoms with van der Waals surface area (Å²) >= 11 is 0. The van der Waals surface area contributed by atoms with E-state index in [1.165, 1.54) is 6.42 Å². The highest BCUT2D eigenvalue weighted by Gasteiger charge is 2.26. The molecule has 5 nitrogen and oxygen atoms in total. The molecule has 1 aliphatic carbocycles. The molecule has 0 spiro atoms. The van der Waals surface area contributed by atoms with Gasteiger partial charge in [0.2, 0.25) is 0 Å². The summed E-state index contributed by atoms with van der Waals surface area (Å²) in [5, 5.41) is 12.3. The normalized spacial score (nSPS) is 19.8. The molecule has 0 unspecified atom stereocenters. The van der Waals surface area contributed by atoms with E-state index in [-0.39, 0.29) is 17.5 Å². The molecule has 1 aliphatic heterocycles. The van der Waals surface area contributed by atoms with E-state index >= 15 is 0 Å². The Morgan fingerprint density at radius 1 is 1.29 bits per heavy atom. The third-order valence-electron chi connectivity index (χ3n) is 3.95. The SMILES string of the molecule is N#CC(C(=O)NC1CCCCC1)=C1NOc2ccccc21. The van der Waals surface area contributed by atoms with Gasteiger partial charge in [-0.3, -0.25) is 4.79 Å². The van der Waals surface area contributed by atoms with E-state index in [1.54, 1.807) is 6.07 Å². The van der Waals surface area contributed by atoms with Gasteiger partial charge in [0, 0.05) is 11.6 Å². The van der Waals surface area contributed by atoms with E-state index in [0.29, 0.717) is 11.4 Å². The van der Waals surface area contributed by atoms with Crippen molar-refractivity contribution in [2.75, 3.05) is 0 Å². The number of carbonyl (C=O) groups excluding carboxylic acids is 1. The molecule has 2 N–H and O–H groups in total. The third kappa shape index (κ3) is 2.70. The molecular formula is C16H17N3O2. The molecule has 21 heavy (non-hydrogen) atoms. The summed E-state index contributed by atoms with van der Waals surface area (Å²) in [7, 11) is 0. The van der Waals surface area contributed by atoms with E-state index in [1.807, 2.05) is 24.3 Å². The van der Waals surface area contributed by atoms with Gasteiger partial charge in [-0.15, -0.1) is 0 Å². The summed E-state index contributed by atoms with van der Waals surface area (Å²) in [6.45, 7) is 0. The van der Waals surface area contributed by atoms with E-state index in [2.05, 4.69) is 10.8 Å². The molecule has 0 atom stereocenters. The lowest BCUT2D eigenvalue weighted by molar-refractivity contribution is -0.117. The molecule has 1 heterocycles. The molecule has 3 rings (SSSR count). The Balaban J connectivity index is 1.83. The standard InChI is InChI=1S/C16H17N3O2/c17-10-13(16(20)18-11-6-2-1-3-7-11)15-12-8-4-5-9-14(12)21-19-15/h4-5,8-9,11,19H,1-3,6-7H2,(H,18,20). The summed E-state index contributed by atoms with van der Waals surface area (Å²) in [6, 6.07) is 9.49. The van der Waals surface area contributed by atoms with Crippen LogP contribution < -0.4 is 15.6 Å². The molecule has 1 aromatic rings. The first kappa shape index (κ1) is 13.5. The highest BCUT2D eigenvalue weighted by Crippen LogP contribution is 2.31. The lowest BCUT2D eigenvalue weighted by Gasteiger charge is -2.22. The van der Waals surface area contributed by atoms with Crippen molar-refractivity contribution in [1.29, 1.82) is 5.26 Å². The second-order valence-electron chi connectivity index (χ2n) is 5.37. The number of nitrogens with one attached hydrogen (secondary N) is 2. The molecule has 108 valence electrons. The van der Waals surface area contributed by atoms with Crippen LogP contribution in [0.1, 0.15) is 37.7 Å². The molecule has 1 amide bonds. The quantitative estimate of drug-likeness (QED) is 0.645. The highest BCUT2D eigenvalue weighted by molar-refractivity contribution is 6.05. The summed E-state index contributed by atoms with van der Waals surface area (Å²) in [6.07, 6.45) is 5.46. The first-order valence-corrected chi connectivity index (χ1v) is 7.27. The average molecular weight is 283 g/mol. The molecule has 2 aliphatic rings. The third-order valence-corrected chi connectivity index (χ3v) is 3.95. The van der Waals surface area contributed by atoms with Gasteiger partial charge in [-0.1, -0.05) is 31.4 Å². The van der Waals surface area contributed by atoms with Crippen molar-refractivity contribution in [3.63, 3.8) is 0 Å². The molecular weight excluding hydrogens is 266 g/mol. The minimum atomic E-state index is -0.327. The zero-order chi connectivity index (χ0) is 14.7. The van der Waals surface area contributed by atoms with Crippen molar-refractivity contribution >= 4 is 11.6 Å². The van der Waals surface area contributed by atoms with Crippen molar-refractivity contribution in [3.05, 3.63) is 35.4 Å². The molecule has 0 aromatic heterocycles. The fraction of sp³-hybridized carbons (Fsp3) is 0.375. The minimum Gasteiger partial charge on any atom is -0.381 e. The average Bonchev–Trinajstić information content (AvgIpc) is 2.93. The van der Waals surface area contributed by atoms with Crippen molar-refractivity contribution in [3.8, 4) is 11.8 Å². The second kappa shape index (κ2) is 5.88. The largest absolute Gasteiger partial charge is 0.381 e. The Hall–Kier alpha value is -2.48. The predicted molar refractivity (Wildman–Crippen MR) is 77.8 cm³/mol. The van der Waals surface area contributed by atoms with Crippen LogP contribution in [0.5, 0.6) is 5.75 Å². The van der Waals surface area contributed by atoms with E-state index in [0.717, 1.165) is 31.2 Å². The number of nitrogens with zero attached hydrogens (tertiary/aromatic N) is 1. The van der Waals surface area contributed by atoms with Crippen LogP contribution in [0.15, 0.2) is 29.8 Å². The Kier molecular flexibility index (Phi) is 3.78. The molecule has 1 saturated carbocycles. The molecule has 1 fully saturated rings. The molecule has 0 radical (unpaired) electrons. The number of para-hydroxylation sites is 1. The number of benzene rings is 1. The topological polar surface area (TPSA) is 74.2 Å². The highest BCUT2D eigenvalue weighted by atomic mass is 16.7. The summed E-state index contributed by atoms with van der Waals surface area (Å²) in [5.41, 5.74) is 3.95. The fourth-order valence-electron chi connectivity index (χ4n) is 2.83. The number of nitriles is 1. The van der Waals surface area contributed by atoms with Crippen LogP contribution >= 0.6 is 0 Å². The second-order valence-corrected chi connectivity index (χ2v) is 5.37. The van der Waals surface area contributed by atoms with Crippen LogP contribution in [0, 0.1) is 11.3 Å². The minimum absolute atomic E-state index is 0.0746. The zero-order valence-corrected chi connectivity index (χ0v) is 11.7. The lowest BCUT2D eigenvalue weighted by Crippen LogP contribution is -2.37. The number of hydroxylamine groups is 1. The van der Waals surface area contributed by atoms with Crippen molar-refractivity contribution in [1.82, 2.24) is 10.8 Å². The number of carbonyl (C=O) groups is 1. The molecule has 1 aromatic carbocycles. The number of hydrogen-bond acceptors (Lipinski definition) is 4. The van der Waals surface area contributed by atoms with Gasteiger partial charge in [-0.05, 0) is 25.0 Å². The van der Waals surface area contributed by atoms with Gasteiger partial charge in [0.1, 0.15) is 17.3 Å². The number of fused-ring (bicyclic) bond motifs is 1. The van der Waals surface area contributed by atoms with Crippen LogP contribution in [0.2, 0.25) is 0 Å². The van der Waals surface area contributed by atoms with Crippen LogP contribution in [-0.4, -0.2) is 11.9 Å². The van der Waals surface area contributed by atoms with Gasteiger partial charge in [0.15, 0.2) is 5.75 Å². The van der Waals surface area contributed by atoms with Crippen LogP contribution in [0.25, 0.3) is 5.70 Å². The number of amides is 1. The van der Waals surface area contributed by atoms with Crippen LogP contribution in [0.3, 0.4) is 0 Å². The van der Waals surface area contributed by atoms with E-state index in [4.69, 9.17) is 4.84 Å². The van der Waals surface area contributed by atoms with Gasteiger partial charge in [-0.2, -0.15) is 5.26 Å². The number of hydrogen-bond donors (Lipinski definition) is 2. The summed E-state index contributed by atoms with van der Waals surface area (Å²) in [5.74, 6) is 0.304. The van der Waals surface area contributed by atoms with Gasteiger partial charge in [-0.25, -0.2) is 5.48 Å². The number of rotatable bonds is 2. The van der Waals surface area contributed by atoms with Crippen LogP contribution in [-0.2, 0) is 4.79 Å². The zero-order valence-electron chi connectivity index (χ0n) is 11.7. The van der Waals surface area contributed by atoms with Crippen molar-refractivity contribution in [2.24, 2.45) is 0 Å². The van der Waals surface area contributed by atoms with Crippen molar-refractivity contribution in [2.45, 2.75) is 38.1 Å². The maximum absolute atomic E-state index is 12.4. The first-order valence-electron chi connectivity index (χ1n) is 7.27. The molecule has 0 saturated heterocycles. The summed E-state index contributed by atoms with van der Waals surface area (Å²) in [4.78, 5) is 17.6. The van der Waals surface area contributed by atoms with Crippen LogP contribution in [0.4, 0.5) is 0 Å². The van der Waals surface area contributed by atoms with E-state index in [9.17, 15) is 10.1 Å². The molecule has 5 heteroatoms.